The fraction of sp³-hybridized carbons (Fsp3) is 0.462. The molecule has 2 saturated carbocycles. The number of benzene rings is 2. The van der Waals surface area contributed by atoms with E-state index in [-0.39, 0.29) is 11.5 Å². The summed E-state index contributed by atoms with van der Waals surface area (Å²) in [7, 11) is 0. The number of nitrogens with zero attached hydrogens (tertiary/aromatic N) is 2. The molecular formula is C26H35N5. The first-order chi connectivity index (χ1) is 15.1. The van der Waals surface area contributed by atoms with Crippen LogP contribution in [0.3, 0.4) is 0 Å². The molecule has 5 heteroatoms. The van der Waals surface area contributed by atoms with Crippen molar-refractivity contribution in [3.05, 3.63) is 66.2 Å². The average molecular weight is 418 g/mol. The van der Waals surface area contributed by atoms with Crippen LogP contribution in [0.2, 0.25) is 0 Å². The lowest BCUT2D eigenvalue weighted by Crippen LogP contribution is -2.42. The summed E-state index contributed by atoms with van der Waals surface area (Å²) in [4.78, 5) is 9.44. The van der Waals surface area contributed by atoms with Gasteiger partial charge in [-0.3, -0.25) is 0 Å². The number of nitrogens with two attached hydrogens (primary N) is 2. The molecule has 0 unspecified atom stereocenters. The highest BCUT2D eigenvalue weighted by atomic mass is 15.2. The van der Waals surface area contributed by atoms with E-state index in [0.717, 1.165) is 18.5 Å². The molecule has 31 heavy (non-hydrogen) atoms. The van der Waals surface area contributed by atoms with Gasteiger partial charge in [0.15, 0.2) is 0 Å². The summed E-state index contributed by atoms with van der Waals surface area (Å²) in [5.74, 6) is 1.83. The fourth-order valence-electron chi connectivity index (χ4n) is 5.54. The van der Waals surface area contributed by atoms with Gasteiger partial charge in [-0.1, -0.05) is 67.8 Å². The fourth-order valence-corrected chi connectivity index (χ4v) is 5.54. The van der Waals surface area contributed by atoms with Gasteiger partial charge in [0.05, 0.1) is 5.54 Å². The molecule has 5 N–H and O–H groups in total. The van der Waals surface area contributed by atoms with Crippen LogP contribution in [0.15, 0.2) is 70.6 Å². The van der Waals surface area contributed by atoms with E-state index >= 15 is 0 Å². The number of hydrogen-bond donors (Lipinski definition) is 3. The van der Waals surface area contributed by atoms with Crippen LogP contribution in [-0.4, -0.2) is 17.5 Å². The van der Waals surface area contributed by atoms with Crippen LogP contribution in [0, 0.1) is 5.92 Å². The lowest BCUT2D eigenvalue weighted by Gasteiger charge is -2.44. The van der Waals surface area contributed by atoms with E-state index in [1.807, 2.05) is 30.3 Å². The van der Waals surface area contributed by atoms with Crippen molar-refractivity contribution in [3.63, 3.8) is 0 Å². The first kappa shape index (κ1) is 21.4. The minimum Gasteiger partial charge on any atom is -0.369 e. The Bertz CT molecular complexity index is 877. The summed E-state index contributed by atoms with van der Waals surface area (Å²) in [6.45, 7) is 0. The molecule has 0 saturated heterocycles. The van der Waals surface area contributed by atoms with Crippen LogP contribution >= 0.6 is 0 Å². The highest BCUT2D eigenvalue weighted by Crippen LogP contribution is 2.47. The molecule has 164 valence electrons. The van der Waals surface area contributed by atoms with E-state index in [1.165, 1.54) is 50.5 Å². The number of hydrogen-bond acceptors (Lipinski definition) is 1. The molecule has 0 radical (unpaired) electrons. The Kier molecular flexibility index (Phi) is 6.90. The SMILES string of the molecule is NC(=NC1(C2CCC(c3ccccc3)CC2)CCCCC1)N=C(N)Nc1ccccc1. The summed E-state index contributed by atoms with van der Waals surface area (Å²) in [5.41, 5.74) is 14.7. The number of aliphatic imine (C=N–C) groups is 2. The predicted molar refractivity (Wildman–Crippen MR) is 130 cm³/mol. The Labute approximate surface area is 186 Å². The number of anilines is 1. The molecule has 0 amide bonds. The van der Waals surface area contributed by atoms with Crippen LogP contribution in [0.1, 0.15) is 69.3 Å². The van der Waals surface area contributed by atoms with E-state index in [0.29, 0.717) is 17.8 Å². The van der Waals surface area contributed by atoms with Crippen molar-refractivity contribution in [1.29, 1.82) is 0 Å². The molecule has 0 heterocycles. The molecule has 0 atom stereocenters. The normalized spacial score (nSPS) is 24.5. The monoisotopic (exact) mass is 417 g/mol. The summed E-state index contributed by atoms with van der Waals surface area (Å²) in [5, 5.41) is 3.09. The highest BCUT2D eigenvalue weighted by molar-refractivity contribution is 6.00. The molecule has 0 aliphatic heterocycles. The molecule has 5 nitrogen and oxygen atoms in total. The number of guanidine groups is 2. The maximum absolute atomic E-state index is 6.31. The van der Waals surface area contributed by atoms with Crippen LogP contribution in [0.5, 0.6) is 0 Å². The maximum Gasteiger partial charge on any atom is 0.219 e. The Hall–Kier alpha value is -2.82. The van der Waals surface area contributed by atoms with Gasteiger partial charge in [0.2, 0.25) is 11.9 Å². The van der Waals surface area contributed by atoms with Gasteiger partial charge in [-0.2, -0.15) is 4.99 Å². The molecule has 0 spiro atoms. The molecule has 4 rings (SSSR count). The molecule has 0 aromatic heterocycles. The van der Waals surface area contributed by atoms with Crippen molar-refractivity contribution in [3.8, 4) is 0 Å². The van der Waals surface area contributed by atoms with Gasteiger partial charge < -0.3 is 16.8 Å². The Morgan fingerprint density at radius 2 is 1.42 bits per heavy atom. The summed E-state index contributed by atoms with van der Waals surface area (Å²) in [6, 6.07) is 20.7. The van der Waals surface area contributed by atoms with E-state index < -0.39 is 0 Å². The largest absolute Gasteiger partial charge is 0.369 e. The van der Waals surface area contributed by atoms with Gasteiger partial charge in [-0.15, -0.1) is 0 Å². The van der Waals surface area contributed by atoms with E-state index in [9.17, 15) is 0 Å². The van der Waals surface area contributed by atoms with E-state index in [4.69, 9.17) is 16.5 Å². The zero-order valence-electron chi connectivity index (χ0n) is 18.3. The van der Waals surface area contributed by atoms with Crippen molar-refractivity contribution >= 4 is 17.6 Å². The molecule has 2 aromatic rings. The zero-order valence-corrected chi connectivity index (χ0v) is 18.3. The Morgan fingerprint density at radius 3 is 2.06 bits per heavy atom. The topological polar surface area (TPSA) is 88.8 Å². The van der Waals surface area contributed by atoms with Gasteiger partial charge in [0.25, 0.3) is 0 Å². The molecule has 2 aliphatic rings. The summed E-state index contributed by atoms with van der Waals surface area (Å²) in [6.07, 6.45) is 10.8. The van der Waals surface area contributed by atoms with E-state index in [2.05, 4.69) is 40.6 Å². The quantitative estimate of drug-likeness (QED) is 0.459. The van der Waals surface area contributed by atoms with Crippen LogP contribution < -0.4 is 16.8 Å². The van der Waals surface area contributed by atoms with Crippen molar-refractivity contribution in [1.82, 2.24) is 0 Å². The highest BCUT2D eigenvalue weighted by Gasteiger charge is 2.41. The van der Waals surface area contributed by atoms with Gasteiger partial charge in [-0.05, 0) is 68.1 Å². The van der Waals surface area contributed by atoms with Gasteiger partial charge >= 0.3 is 0 Å². The number of nitrogens with one attached hydrogen (secondary N) is 1. The Balaban J connectivity index is 1.46. The Morgan fingerprint density at radius 1 is 0.806 bits per heavy atom. The predicted octanol–water partition coefficient (Wildman–Crippen LogP) is 5.40. The van der Waals surface area contributed by atoms with Crippen molar-refractivity contribution in [2.75, 3.05) is 5.32 Å². The third-order valence-electron chi connectivity index (χ3n) is 7.10. The average Bonchev–Trinajstić information content (AvgIpc) is 2.81. The third-order valence-corrected chi connectivity index (χ3v) is 7.10. The third kappa shape index (κ3) is 5.46. The summed E-state index contributed by atoms with van der Waals surface area (Å²) < 4.78 is 0. The molecule has 0 bridgehead atoms. The van der Waals surface area contributed by atoms with Gasteiger partial charge in [0, 0.05) is 5.69 Å². The molecule has 2 aliphatic carbocycles. The lowest BCUT2D eigenvalue weighted by molar-refractivity contribution is 0.149. The second kappa shape index (κ2) is 9.99. The standard InChI is InChI=1S/C26H35N5/c27-24(29-23-12-6-2-7-13-23)30-25(28)31-26(18-8-3-9-19-26)22-16-14-21(15-17-22)20-10-4-1-5-11-20/h1-2,4-7,10-13,21-22H,3,8-9,14-19H2,(H5,27,28,29,30,31). The molecular weight excluding hydrogens is 382 g/mol. The minimum absolute atomic E-state index is 0.0828. The number of para-hydroxylation sites is 1. The first-order valence-electron chi connectivity index (χ1n) is 11.7. The second-order valence-corrected chi connectivity index (χ2v) is 9.08. The maximum atomic E-state index is 6.31. The van der Waals surface area contributed by atoms with Gasteiger partial charge in [-0.25, -0.2) is 4.99 Å². The number of rotatable bonds is 4. The molecule has 2 aromatic carbocycles. The van der Waals surface area contributed by atoms with Crippen molar-refractivity contribution < 1.29 is 0 Å². The lowest BCUT2D eigenvalue weighted by atomic mass is 9.65. The van der Waals surface area contributed by atoms with Crippen molar-refractivity contribution in [2.45, 2.75) is 69.2 Å². The van der Waals surface area contributed by atoms with E-state index in [1.54, 1.807) is 0 Å². The summed E-state index contributed by atoms with van der Waals surface area (Å²) >= 11 is 0. The van der Waals surface area contributed by atoms with Crippen LogP contribution in [-0.2, 0) is 0 Å². The van der Waals surface area contributed by atoms with Crippen LogP contribution in [0.25, 0.3) is 0 Å². The second-order valence-electron chi connectivity index (χ2n) is 9.08. The smallest absolute Gasteiger partial charge is 0.219 e. The van der Waals surface area contributed by atoms with Crippen molar-refractivity contribution in [2.24, 2.45) is 27.4 Å². The first-order valence-corrected chi connectivity index (χ1v) is 11.7. The zero-order chi connectivity index (χ0) is 21.5. The van der Waals surface area contributed by atoms with Gasteiger partial charge in [0.1, 0.15) is 0 Å². The minimum atomic E-state index is -0.0828. The molecule has 2 fully saturated rings. The van der Waals surface area contributed by atoms with Crippen LogP contribution in [0.4, 0.5) is 5.69 Å².